The third kappa shape index (κ3) is 4.31. The van der Waals surface area contributed by atoms with Crippen molar-refractivity contribution in [2.75, 3.05) is 0 Å². The number of rotatable bonds is 6. The van der Waals surface area contributed by atoms with E-state index in [1.165, 1.54) is 23.3 Å². The van der Waals surface area contributed by atoms with Crippen molar-refractivity contribution in [1.29, 1.82) is 0 Å². The van der Waals surface area contributed by atoms with Gasteiger partial charge in [0.05, 0.1) is 4.92 Å². The van der Waals surface area contributed by atoms with Gasteiger partial charge < -0.3 is 10.2 Å². The van der Waals surface area contributed by atoms with Crippen LogP contribution >= 0.6 is 0 Å². The monoisotopic (exact) mass is 421 g/mol. The number of piperazine rings is 1. The molecule has 2 aliphatic rings. The van der Waals surface area contributed by atoms with Crippen molar-refractivity contribution >= 4 is 17.5 Å². The van der Waals surface area contributed by atoms with Crippen LogP contribution in [0.2, 0.25) is 0 Å². The van der Waals surface area contributed by atoms with Crippen LogP contribution in [0.15, 0.2) is 48.5 Å². The second-order valence-corrected chi connectivity index (χ2v) is 8.96. The third-order valence-electron chi connectivity index (χ3n) is 6.27. The molecule has 0 aromatic heterocycles. The molecular formula is C24H27N3O4. The maximum absolute atomic E-state index is 13.6. The normalized spacial score (nSPS) is 21.3. The van der Waals surface area contributed by atoms with Gasteiger partial charge in [-0.25, -0.2) is 0 Å². The van der Waals surface area contributed by atoms with E-state index < -0.39 is 17.0 Å². The summed E-state index contributed by atoms with van der Waals surface area (Å²) in [5.41, 5.74) is 3.25. The van der Waals surface area contributed by atoms with Gasteiger partial charge in [0.1, 0.15) is 12.1 Å². The molecular weight excluding hydrogens is 394 g/mol. The Kier molecular flexibility index (Phi) is 5.76. The van der Waals surface area contributed by atoms with E-state index in [1.54, 1.807) is 17.0 Å². The van der Waals surface area contributed by atoms with Gasteiger partial charge in [0.2, 0.25) is 11.8 Å². The number of hydrogen-bond donors (Lipinski definition) is 1. The molecule has 7 nitrogen and oxygen atoms in total. The predicted octanol–water partition coefficient (Wildman–Crippen LogP) is 3.25. The Morgan fingerprint density at radius 1 is 1.06 bits per heavy atom. The highest BCUT2D eigenvalue weighted by molar-refractivity contribution is 5.97. The van der Waals surface area contributed by atoms with E-state index in [9.17, 15) is 19.7 Å². The molecule has 0 saturated carbocycles. The zero-order valence-electron chi connectivity index (χ0n) is 17.8. The molecule has 2 aromatic carbocycles. The van der Waals surface area contributed by atoms with Gasteiger partial charge in [-0.3, -0.25) is 19.7 Å². The van der Waals surface area contributed by atoms with E-state index in [4.69, 9.17) is 0 Å². The number of nitro benzene ring substituents is 1. The van der Waals surface area contributed by atoms with Gasteiger partial charge in [-0.1, -0.05) is 50.2 Å². The van der Waals surface area contributed by atoms with Gasteiger partial charge in [-0.15, -0.1) is 0 Å². The molecule has 0 radical (unpaired) electrons. The number of nitro groups is 1. The minimum Gasteiger partial charge on any atom is -0.342 e. The lowest BCUT2D eigenvalue weighted by molar-refractivity contribution is -0.384. The van der Waals surface area contributed by atoms with E-state index in [0.29, 0.717) is 6.42 Å². The average Bonchev–Trinajstić information content (AvgIpc) is 3.17. The van der Waals surface area contributed by atoms with Gasteiger partial charge >= 0.3 is 0 Å². The molecule has 0 unspecified atom stereocenters. The fraction of sp³-hybridized carbons (Fsp3) is 0.417. The first-order valence-corrected chi connectivity index (χ1v) is 10.7. The Hall–Kier alpha value is -3.22. The molecule has 1 aliphatic carbocycles. The van der Waals surface area contributed by atoms with Crippen molar-refractivity contribution in [3.05, 3.63) is 75.3 Å². The first-order valence-electron chi connectivity index (χ1n) is 10.7. The predicted molar refractivity (Wildman–Crippen MR) is 116 cm³/mol. The maximum Gasteiger partial charge on any atom is 0.269 e. The summed E-state index contributed by atoms with van der Waals surface area (Å²) >= 11 is 0. The number of non-ortho nitro benzene ring substituents is 1. The summed E-state index contributed by atoms with van der Waals surface area (Å²) in [5, 5.41) is 14.0. The van der Waals surface area contributed by atoms with Gasteiger partial charge in [0.15, 0.2) is 0 Å². The Morgan fingerprint density at radius 3 is 2.23 bits per heavy atom. The lowest BCUT2D eigenvalue weighted by atomic mass is 9.90. The molecule has 2 amide bonds. The number of fused-ring (bicyclic) bond motifs is 1. The molecule has 0 bridgehead atoms. The number of amides is 2. The SMILES string of the molecule is CC(C)C[C@@H]1C(=O)N[C@H](C2Cc3ccccc3C2)C(=O)N1Cc1ccc([N+](=O)[O-])cc1. The maximum atomic E-state index is 13.6. The quantitative estimate of drug-likeness (QED) is 0.572. The van der Waals surface area contributed by atoms with Crippen molar-refractivity contribution in [2.45, 2.75) is 51.7 Å². The first-order chi connectivity index (χ1) is 14.8. The number of nitrogens with zero attached hydrogens (tertiary/aromatic N) is 2. The van der Waals surface area contributed by atoms with Crippen LogP contribution in [0.3, 0.4) is 0 Å². The fourth-order valence-electron chi connectivity index (χ4n) is 4.72. The lowest BCUT2D eigenvalue weighted by Gasteiger charge is -2.41. The Labute approximate surface area is 181 Å². The highest BCUT2D eigenvalue weighted by Gasteiger charge is 2.45. The minimum absolute atomic E-state index is 0.00629. The van der Waals surface area contributed by atoms with E-state index in [1.807, 2.05) is 26.0 Å². The molecule has 1 heterocycles. The van der Waals surface area contributed by atoms with Gasteiger partial charge in [0.25, 0.3) is 5.69 Å². The molecule has 31 heavy (non-hydrogen) atoms. The molecule has 162 valence electrons. The molecule has 4 rings (SSSR count). The number of benzene rings is 2. The van der Waals surface area contributed by atoms with Gasteiger partial charge in [0, 0.05) is 18.7 Å². The second kappa shape index (κ2) is 8.49. The van der Waals surface area contributed by atoms with Crippen molar-refractivity contribution in [1.82, 2.24) is 10.2 Å². The Balaban J connectivity index is 1.58. The lowest BCUT2D eigenvalue weighted by Crippen LogP contribution is -2.65. The molecule has 1 saturated heterocycles. The highest BCUT2D eigenvalue weighted by atomic mass is 16.6. The molecule has 1 fully saturated rings. The van der Waals surface area contributed by atoms with Crippen LogP contribution in [0.1, 0.15) is 37.0 Å². The molecule has 1 N–H and O–H groups in total. The summed E-state index contributed by atoms with van der Waals surface area (Å²) in [6.45, 7) is 4.32. The smallest absolute Gasteiger partial charge is 0.269 e. The van der Waals surface area contributed by atoms with Crippen molar-refractivity contribution in [3.63, 3.8) is 0 Å². The van der Waals surface area contributed by atoms with E-state index >= 15 is 0 Å². The third-order valence-corrected chi connectivity index (χ3v) is 6.27. The minimum atomic E-state index is -0.554. The van der Waals surface area contributed by atoms with E-state index in [0.717, 1.165) is 18.4 Å². The summed E-state index contributed by atoms with van der Waals surface area (Å²) in [7, 11) is 0. The molecule has 0 spiro atoms. The number of carbonyl (C=O) groups is 2. The van der Waals surface area contributed by atoms with E-state index in [2.05, 4.69) is 17.4 Å². The zero-order chi connectivity index (χ0) is 22.1. The van der Waals surface area contributed by atoms with Crippen LogP contribution in [-0.4, -0.2) is 33.7 Å². The second-order valence-electron chi connectivity index (χ2n) is 8.96. The fourth-order valence-corrected chi connectivity index (χ4v) is 4.72. The summed E-state index contributed by atoms with van der Waals surface area (Å²) in [5.74, 6) is 0.0981. The number of carbonyl (C=O) groups excluding carboxylic acids is 2. The number of nitrogens with one attached hydrogen (secondary N) is 1. The van der Waals surface area contributed by atoms with Crippen LogP contribution < -0.4 is 5.32 Å². The van der Waals surface area contributed by atoms with Crippen LogP contribution in [-0.2, 0) is 29.0 Å². The summed E-state index contributed by atoms with van der Waals surface area (Å²) < 4.78 is 0. The molecule has 2 atom stereocenters. The van der Waals surface area contributed by atoms with Gasteiger partial charge in [-0.05, 0) is 47.8 Å². The van der Waals surface area contributed by atoms with Crippen LogP contribution in [0.4, 0.5) is 5.69 Å². The van der Waals surface area contributed by atoms with Crippen LogP contribution in [0.5, 0.6) is 0 Å². The standard InChI is InChI=1S/C24H27N3O4/c1-15(2)11-21-23(28)25-22(19-12-17-5-3-4-6-18(17)13-19)24(29)26(21)14-16-7-9-20(10-8-16)27(30)31/h3-10,15,19,21-22H,11-14H2,1-2H3,(H,25,28)/t21-,22-/m1/s1. The molecule has 7 heteroatoms. The topological polar surface area (TPSA) is 92.6 Å². The summed E-state index contributed by atoms with van der Waals surface area (Å²) in [4.78, 5) is 38.8. The molecule has 1 aliphatic heterocycles. The van der Waals surface area contributed by atoms with Crippen molar-refractivity contribution in [2.24, 2.45) is 11.8 Å². The largest absolute Gasteiger partial charge is 0.342 e. The van der Waals surface area contributed by atoms with Crippen molar-refractivity contribution < 1.29 is 14.5 Å². The van der Waals surface area contributed by atoms with Crippen LogP contribution in [0.25, 0.3) is 0 Å². The van der Waals surface area contributed by atoms with Crippen LogP contribution in [0, 0.1) is 22.0 Å². The van der Waals surface area contributed by atoms with Crippen molar-refractivity contribution in [3.8, 4) is 0 Å². The zero-order valence-corrected chi connectivity index (χ0v) is 17.8. The molecule has 2 aromatic rings. The average molecular weight is 421 g/mol. The first kappa shape index (κ1) is 21.0. The van der Waals surface area contributed by atoms with Gasteiger partial charge in [-0.2, -0.15) is 0 Å². The Bertz CT molecular complexity index is 977. The highest BCUT2D eigenvalue weighted by Crippen LogP contribution is 2.32. The summed E-state index contributed by atoms with van der Waals surface area (Å²) in [6.07, 6.45) is 2.11. The summed E-state index contributed by atoms with van der Waals surface area (Å²) in [6, 6.07) is 13.3. The number of hydrogen-bond acceptors (Lipinski definition) is 4. The van der Waals surface area contributed by atoms with E-state index in [-0.39, 0.29) is 35.9 Å². The Morgan fingerprint density at radius 2 is 1.68 bits per heavy atom.